The van der Waals surface area contributed by atoms with Crippen molar-refractivity contribution < 1.29 is 4.42 Å². The van der Waals surface area contributed by atoms with Crippen molar-refractivity contribution in [1.29, 1.82) is 0 Å². The highest BCUT2D eigenvalue weighted by Crippen LogP contribution is 2.43. The third-order valence-electron chi connectivity index (χ3n) is 10.7. The first-order valence-electron chi connectivity index (χ1n) is 18.8. The van der Waals surface area contributed by atoms with Crippen molar-refractivity contribution in [3.8, 4) is 62.1 Å². The smallest absolute Gasteiger partial charge is 0.164 e. The number of rotatable bonds is 6. The maximum atomic E-state index is 6.61. The molecule has 0 aliphatic rings. The maximum absolute atomic E-state index is 6.61. The number of fused-ring (bicyclic) bond motifs is 6. The van der Waals surface area contributed by atoms with Crippen LogP contribution in [0.2, 0.25) is 0 Å². The topological polar surface area (TPSA) is 56.7 Å². The fraction of sp³-hybridized carbons (Fsp3) is 0. The lowest BCUT2D eigenvalue weighted by atomic mass is 9.96. The van der Waals surface area contributed by atoms with Crippen LogP contribution in [-0.2, 0) is 0 Å². The van der Waals surface area contributed by atoms with E-state index in [-0.39, 0.29) is 0 Å². The molecule has 0 saturated carbocycles. The zero-order chi connectivity index (χ0) is 37.0. The molecule has 0 fully saturated rings. The van der Waals surface area contributed by atoms with E-state index in [0.717, 1.165) is 72.1 Å². The fourth-order valence-corrected chi connectivity index (χ4v) is 8.07. The first-order valence-corrected chi connectivity index (χ1v) is 18.8. The Bertz CT molecular complexity index is 3220. The lowest BCUT2D eigenvalue weighted by Gasteiger charge is -2.11. The highest BCUT2D eigenvalue weighted by atomic mass is 16.3. The van der Waals surface area contributed by atoms with Gasteiger partial charge in [0.25, 0.3) is 0 Å². The van der Waals surface area contributed by atoms with Crippen molar-refractivity contribution in [3.05, 3.63) is 194 Å². The number of nitrogens with zero attached hydrogens (tertiary/aromatic N) is 4. The molecule has 56 heavy (non-hydrogen) atoms. The summed E-state index contributed by atoms with van der Waals surface area (Å²) in [5.41, 5.74) is 12.3. The van der Waals surface area contributed by atoms with Crippen LogP contribution in [0.25, 0.3) is 106 Å². The molecule has 0 N–H and O–H groups in total. The lowest BCUT2D eigenvalue weighted by molar-refractivity contribution is 0.669. The normalized spacial score (nSPS) is 11.6. The summed E-state index contributed by atoms with van der Waals surface area (Å²) < 4.78 is 8.95. The van der Waals surface area contributed by atoms with Crippen LogP contribution < -0.4 is 0 Å². The molecule has 0 saturated heterocycles. The number of hydrogen-bond donors (Lipinski definition) is 0. The molecule has 11 aromatic rings. The molecule has 262 valence electrons. The number of hydrogen-bond acceptors (Lipinski definition) is 4. The Morgan fingerprint density at radius 3 is 1.55 bits per heavy atom. The molecule has 3 aromatic heterocycles. The van der Waals surface area contributed by atoms with E-state index in [0.29, 0.717) is 17.5 Å². The Balaban J connectivity index is 1.11. The van der Waals surface area contributed by atoms with E-state index in [1.54, 1.807) is 0 Å². The molecule has 3 heterocycles. The van der Waals surface area contributed by atoms with Gasteiger partial charge in [-0.05, 0) is 64.7 Å². The van der Waals surface area contributed by atoms with Gasteiger partial charge in [-0.1, -0.05) is 152 Å². The molecule has 5 heteroatoms. The SMILES string of the molecule is c1ccc(-c2ccc(-c3nc(-c4ccccc4)nc(-c4cccc5oc6cccc(-c7ccc8c(c7)c7ccccc7n8-c7ccccc7)c6c45)n3)cc2)cc1. The van der Waals surface area contributed by atoms with Gasteiger partial charge in [-0.3, -0.25) is 0 Å². The highest BCUT2D eigenvalue weighted by Gasteiger charge is 2.21. The van der Waals surface area contributed by atoms with Gasteiger partial charge in [0.05, 0.1) is 11.0 Å². The van der Waals surface area contributed by atoms with E-state index in [2.05, 4.69) is 144 Å². The van der Waals surface area contributed by atoms with E-state index in [1.807, 2.05) is 54.6 Å². The molecule has 11 rings (SSSR count). The van der Waals surface area contributed by atoms with Crippen LogP contribution in [0.3, 0.4) is 0 Å². The van der Waals surface area contributed by atoms with Crippen LogP contribution in [0.1, 0.15) is 0 Å². The Morgan fingerprint density at radius 1 is 0.339 bits per heavy atom. The molecule has 0 radical (unpaired) electrons. The van der Waals surface area contributed by atoms with Gasteiger partial charge in [0.15, 0.2) is 17.5 Å². The third-order valence-corrected chi connectivity index (χ3v) is 10.7. The predicted molar refractivity (Wildman–Crippen MR) is 229 cm³/mol. The summed E-state index contributed by atoms with van der Waals surface area (Å²) >= 11 is 0. The molecular formula is C51H32N4O. The van der Waals surface area contributed by atoms with Crippen LogP contribution in [0, 0.1) is 0 Å². The summed E-state index contributed by atoms with van der Waals surface area (Å²) in [6.07, 6.45) is 0. The summed E-state index contributed by atoms with van der Waals surface area (Å²) in [6.45, 7) is 0. The fourth-order valence-electron chi connectivity index (χ4n) is 8.07. The third kappa shape index (κ3) is 5.29. The van der Waals surface area contributed by atoms with E-state index in [1.165, 1.54) is 16.3 Å². The van der Waals surface area contributed by atoms with E-state index < -0.39 is 0 Å². The summed E-state index contributed by atoms with van der Waals surface area (Å²) in [4.78, 5) is 15.4. The van der Waals surface area contributed by atoms with Gasteiger partial charge in [-0.25, -0.2) is 15.0 Å². The monoisotopic (exact) mass is 716 g/mol. The maximum Gasteiger partial charge on any atom is 0.164 e. The standard InChI is InChI=1S/C51H32N4O/c1-4-14-33(15-5-1)34-26-28-36(29-27-34)50-52-49(35-16-6-2-7-17-35)53-51(54-50)41-22-13-25-46-48(41)47-39(21-12-24-45(47)56-46)37-30-31-44-42(32-37)40-20-10-11-23-43(40)55(44)38-18-8-3-9-19-38/h1-32H. The van der Waals surface area contributed by atoms with E-state index >= 15 is 0 Å². The zero-order valence-electron chi connectivity index (χ0n) is 30.2. The molecule has 0 unspecified atom stereocenters. The summed E-state index contributed by atoms with van der Waals surface area (Å²) in [5, 5.41) is 4.40. The average molecular weight is 717 g/mol. The summed E-state index contributed by atoms with van der Waals surface area (Å²) in [6, 6.07) is 67.4. The molecule has 0 aliphatic heterocycles. The van der Waals surface area contributed by atoms with Gasteiger partial charge in [-0.2, -0.15) is 0 Å². The highest BCUT2D eigenvalue weighted by molar-refractivity contribution is 6.18. The number of benzene rings is 8. The molecule has 0 atom stereocenters. The van der Waals surface area contributed by atoms with Crippen molar-refractivity contribution in [3.63, 3.8) is 0 Å². The number of aromatic nitrogens is 4. The second-order valence-corrected chi connectivity index (χ2v) is 14.0. The van der Waals surface area contributed by atoms with Gasteiger partial charge in [0.2, 0.25) is 0 Å². The van der Waals surface area contributed by atoms with Crippen LogP contribution in [-0.4, -0.2) is 19.5 Å². The Morgan fingerprint density at radius 2 is 0.839 bits per heavy atom. The van der Waals surface area contributed by atoms with Crippen molar-refractivity contribution in [2.45, 2.75) is 0 Å². The molecule has 0 amide bonds. The Hall–Kier alpha value is -7.63. The van der Waals surface area contributed by atoms with Crippen molar-refractivity contribution >= 4 is 43.7 Å². The van der Waals surface area contributed by atoms with Crippen LogP contribution in [0.15, 0.2) is 199 Å². The second kappa shape index (κ2) is 13.0. The van der Waals surface area contributed by atoms with Gasteiger partial charge in [-0.15, -0.1) is 0 Å². The predicted octanol–water partition coefficient (Wildman–Crippen LogP) is 13.2. The first kappa shape index (κ1) is 31.9. The van der Waals surface area contributed by atoms with Gasteiger partial charge in [0.1, 0.15) is 11.2 Å². The second-order valence-electron chi connectivity index (χ2n) is 14.0. The summed E-state index contributed by atoms with van der Waals surface area (Å²) in [7, 11) is 0. The largest absolute Gasteiger partial charge is 0.456 e. The zero-order valence-corrected chi connectivity index (χ0v) is 30.2. The summed E-state index contributed by atoms with van der Waals surface area (Å²) in [5.74, 6) is 1.81. The Kier molecular flexibility index (Phi) is 7.42. The van der Waals surface area contributed by atoms with Crippen LogP contribution in [0.4, 0.5) is 0 Å². The average Bonchev–Trinajstić information content (AvgIpc) is 3.83. The van der Waals surface area contributed by atoms with Crippen molar-refractivity contribution in [1.82, 2.24) is 19.5 Å². The molecular weight excluding hydrogens is 685 g/mol. The van der Waals surface area contributed by atoms with Crippen molar-refractivity contribution in [2.24, 2.45) is 0 Å². The minimum absolute atomic E-state index is 0.588. The number of furan rings is 1. The lowest BCUT2D eigenvalue weighted by Crippen LogP contribution is -2.00. The molecule has 0 bridgehead atoms. The van der Waals surface area contributed by atoms with Crippen LogP contribution in [0.5, 0.6) is 0 Å². The molecule has 0 aliphatic carbocycles. The molecule has 8 aromatic carbocycles. The minimum atomic E-state index is 0.588. The van der Waals surface area contributed by atoms with Crippen LogP contribution >= 0.6 is 0 Å². The first-order chi connectivity index (χ1) is 27.8. The molecule has 0 spiro atoms. The Labute approximate surface area is 322 Å². The minimum Gasteiger partial charge on any atom is -0.456 e. The quantitative estimate of drug-likeness (QED) is 0.172. The van der Waals surface area contributed by atoms with E-state index in [4.69, 9.17) is 19.4 Å². The van der Waals surface area contributed by atoms with Gasteiger partial charge < -0.3 is 8.98 Å². The van der Waals surface area contributed by atoms with Crippen molar-refractivity contribution in [2.75, 3.05) is 0 Å². The van der Waals surface area contributed by atoms with E-state index in [9.17, 15) is 0 Å². The number of para-hydroxylation sites is 2. The van der Waals surface area contributed by atoms with Gasteiger partial charge in [0, 0.05) is 43.9 Å². The molecule has 5 nitrogen and oxygen atoms in total. The van der Waals surface area contributed by atoms with Gasteiger partial charge >= 0.3 is 0 Å².